The number of nitrogens with zero attached hydrogens (tertiary/aromatic N) is 2. The zero-order chi connectivity index (χ0) is 26.9. The Morgan fingerprint density at radius 2 is 1.65 bits per heavy atom. The van der Waals surface area contributed by atoms with Crippen LogP contribution in [0.2, 0.25) is 0 Å². The Labute approximate surface area is 218 Å². The molecule has 0 amide bonds. The topological polar surface area (TPSA) is 136 Å². The minimum absolute atomic E-state index is 0.228. The first-order valence-corrected chi connectivity index (χ1v) is 12.4. The van der Waals surface area contributed by atoms with Crippen molar-refractivity contribution in [2.45, 2.75) is 31.2 Å². The second kappa shape index (κ2) is 12.7. The van der Waals surface area contributed by atoms with E-state index in [0.717, 1.165) is 11.1 Å². The van der Waals surface area contributed by atoms with Gasteiger partial charge in [-0.25, -0.2) is 19.6 Å². The number of rotatable bonds is 11. The summed E-state index contributed by atoms with van der Waals surface area (Å²) in [4.78, 5) is 44.1. The molecule has 0 fully saturated rings. The SMILES string of the molecule is CCOC(=O)c1c(CC)nc(SCc2ccc(/C(O)=C/C(=O)C(=O)O)cc2)nc1-c1ccc(OC)cc1. The number of hydrogen-bond acceptors (Lipinski definition) is 9. The van der Waals surface area contributed by atoms with Gasteiger partial charge in [-0.2, -0.15) is 0 Å². The molecule has 1 aromatic heterocycles. The zero-order valence-corrected chi connectivity index (χ0v) is 21.4. The van der Waals surface area contributed by atoms with Crippen LogP contribution >= 0.6 is 11.8 Å². The van der Waals surface area contributed by atoms with Gasteiger partial charge in [-0.3, -0.25) is 4.79 Å². The van der Waals surface area contributed by atoms with Crippen LogP contribution in [-0.4, -0.2) is 51.6 Å². The third-order valence-electron chi connectivity index (χ3n) is 5.24. The average molecular weight is 523 g/mol. The molecule has 9 nitrogen and oxygen atoms in total. The summed E-state index contributed by atoms with van der Waals surface area (Å²) in [6.45, 7) is 3.88. The molecule has 10 heteroatoms. The first-order valence-electron chi connectivity index (χ1n) is 11.4. The molecule has 2 N–H and O–H groups in total. The minimum Gasteiger partial charge on any atom is -0.507 e. The molecule has 2 aromatic carbocycles. The lowest BCUT2D eigenvalue weighted by Gasteiger charge is -2.14. The van der Waals surface area contributed by atoms with Crippen molar-refractivity contribution in [1.29, 1.82) is 0 Å². The van der Waals surface area contributed by atoms with Gasteiger partial charge in [0.25, 0.3) is 5.78 Å². The van der Waals surface area contributed by atoms with Crippen molar-refractivity contribution in [3.8, 4) is 17.0 Å². The van der Waals surface area contributed by atoms with Gasteiger partial charge < -0.3 is 19.7 Å². The number of aromatic nitrogens is 2. The van der Waals surface area contributed by atoms with E-state index in [1.165, 1.54) is 11.8 Å². The molecule has 37 heavy (non-hydrogen) atoms. The summed E-state index contributed by atoms with van der Waals surface area (Å²) in [6.07, 6.45) is 1.17. The van der Waals surface area contributed by atoms with Gasteiger partial charge in [0.15, 0.2) is 5.16 Å². The Morgan fingerprint density at radius 1 is 0.973 bits per heavy atom. The number of aryl methyl sites for hydroxylation is 1. The van der Waals surface area contributed by atoms with Gasteiger partial charge >= 0.3 is 11.9 Å². The third-order valence-corrected chi connectivity index (χ3v) is 6.16. The number of carbonyl (C=O) groups is 3. The van der Waals surface area contributed by atoms with E-state index in [1.54, 1.807) is 50.4 Å². The van der Waals surface area contributed by atoms with E-state index in [2.05, 4.69) is 9.97 Å². The number of aliphatic carboxylic acids is 1. The van der Waals surface area contributed by atoms with Crippen molar-refractivity contribution in [2.75, 3.05) is 13.7 Å². The molecule has 0 spiro atoms. The number of carboxylic acids is 1. The summed E-state index contributed by atoms with van der Waals surface area (Å²) < 4.78 is 10.5. The fraction of sp³-hybridized carbons (Fsp3) is 0.222. The van der Waals surface area contributed by atoms with Gasteiger partial charge in [-0.1, -0.05) is 43.0 Å². The lowest BCUT2D eigenvalue weighted by atomic mass is 10.0. The number of methoxy groups -OCH3 is 1. The number of aliphatic hydroxyl groups is 1. The molecule has 0 aliphatic rings. The van der Waals surface area contributed by atoms with Crippen molar-refractivity contribution < 1.29 is 34.1 Å². The van der Waals surface area contributed by atoms with Crippen LogP contribution in [0.1, 0.15) is 41.0 Å². The fourth-order valence-electron chi connectivity index (χ4n) is 3.37. The van der Waals surface area contributed by atoms with E-state index in [1.807, 2.05) is 19.1 Å². The molecule has 192 valence electrons. The van der Waals surface area contributed by atoms with Gasteiger partial charge in [0.1, 0.15) is 17.1 Å². The van der Waals surface area contributed by atoms with E-state index < -0.39 is 23.5 Å². The summed E-state index contributed by atoms with van der Waals surface area (Å²) in [7, 11) is 1.58. The fourth-order valence-corrected chi connectivity index (χ4v) is 4.19. The Hall–Kier alpha value is -4.18. The average Bonchev–Trinajstić information content (AvgIpc) is 2.91. The van der Waals surface area contributed by atoms with Crippen LogP contribution < -0.4 is 4.74 Å². The summed E-state index contributed by atoms with van der Waals surface area (Å²) in [5.41, 5.74) is 3.31. The van der Waals surface area contributed by atoms with E-state index in [-0.39, 0.29) is 6.61 Å². The smallest absolute Gasteiger partial charge is 0.376 e. The molecule has 1 heterocycles. The van der Waals surface area contributed by atoms with Gasteiger partial charge in [0.2, 0.25) is 0 Å². The van der Waals surface area contributed by atoms with Crippen molar-refractivity contribution in [1.82, 2.24) is 9.97 Å². The van der Waals surface area contributed by atoms with Crippen molar-refractivity contribution >= 4 is 35.2 Å². The van der Waals surface area contributed by atoms with Gasteiger partial charge in [-0.05, 0) is 43.2 Å². The summed E-state index contributed by atoms with van der Waals surface area (Å²) in [5.74, 6) is -2.60. The number of carboxylic acid groups (broad SMARTS) is 1. The van der Waals surface area contributed by atoms with Crippen LogP contribution in [0.15, 0.2) is 59.8 Å². The van der Waals surface area contributed by atoms with E-state index in [9.17, 15) is 19.5 Å². The minimum atomic E-state index is -1.64. The highest BCUT2D eigenvalue weighted by molar-refractivity contribution is 7.98. The predicted molar refractivity (Wildman–Crippen MR) is 139 cm³/mol. The molecule has 0 radical (unpaired) electrons. The van der Waals surface area contributed by atoms with Crippen molar-refractivity contribution in [3.05, 3.63) is 77.0 Å². The van der Waals surface area contributed by atoms with Crippen LogP contribution in [0.4, 0.5) is 0 Å². The summed E-state index contributed by atoms with van der Waals surface area (Å²) >= 11 is 1.37. The standard InChI is InChI=1S/C27H26N2O7S/c1-4-20-23(26(34)36-5-2)24(18-10-12-19(35-3)13-11-18)29-27(28-20)37-15-16-6-8-17(9-7-16)21(30)14-22(31)25(32)33/h6-14,30H,4-5,15H2,1-3H3,(H,32,33)/b21-14-. The van der Waals surface area contributed by atoms with Gasteiger partial charge in [-0.15, -0.1) is 0 Å². The van der Waals surface area contributed by atoms with Crippen LogP contribution in [0.5, 0.6) is 5.75 Å². The highest BCUT2D eigenvalue weighted by atomic mass is 32.2. The number of carbonyl (C=O) groups excluding carboxylic acids is 2. The highest BCUT2D eigenvalue weighted by Gasteiger charge is 2.23. The molecule has 0 aliphatic carbocycles. The quantitative estimate of drug-likeness (QED) is 0.0908. The summed E-state index contributed by atoms with van der Waals surface area (Å²) in [6, 6.07) is 13.9. The lowest BCUT2D eigenvalue weighted by Crippen LogP contribution is -2.13. The van der Waals surface area contributed by atoms with Crippen LogP contribution in [0.3, 0.4) is 0 Å². The Morgan fingerprint density at radius 3 is 2.22 bits per heavy atom. The third kappa shape index (κ3) is 6.95. The maximum Gasteiger partial charge on any atom is 0.376 e. The van der Waals surface area contributed by atoms with E-state index in [0.29, 0.717) is 51.7 Å². The second-order valence-corrected chi connectivity index (χ2v) is 8.61. The van der Waals surface area contributed by atoms with Gasteiger partial charge in [0.05, 0.1) is 25.1 Å². The molecular formula is C27H26N2O7S. The number of thioether (sulfide) groups is 1. The zero-order valence-electron chi connectivity index (χ0n) is 20.6. The monoisotopic (exact) mass is 522 g/mol. The van der Waals surface area contributed by atoms with Crippen LogP contribution in [0, 0.1) is 0 Å². The number of hydrogen-bond donors (Lipinski definition) is 2. The molecule has 0 saturated heterocycles. The Balaban J connectivity index is 1.89. The maximum absolute atomic E-state index is 12.8. The number of ether oxygens (including phenoxy) is 2. The molecule has 0 unspecified atom stereocenters. The molecular weight excluding hydrogens is 496 g/mol. The van der Waals surface area contributed by atoms with Crippen LogP contribution in [0.25, 0.3) is 17.0 Å². The number of benzene rings is 2. The predicted octanol–water partition coefficient (Wildman–Crippen LogP) is 4.74. The molecule has 0 saturated carbocycles. The van der Waals surface area contributed by atoms with Gasteiger partial charge in [0, 0.05) is 23.0 Å². The molecule has 3 aromatic rings. The molecule has 0 aliphatic heterocycles. The largest absolute Gasteiger partial charge is 0.507 e. The second-order valence-electron chi connectivity index (χ2n) is 7.66. The Bertz CT molecular complexity index is 1320. The number of ketones is 1. The van der Waals surface area contributed by atoms with Crippen molar-refractivity contribution in [2.24, 2.45) is 0 Å². The van der Waals surface area contributed by atoms with E-state index >= 15 is 0 Å². The lowest BCUT2D eigenvalue weighted by molar-refractivity contribution is -0.146. The molecule has 3 rings (SSSR count). The highest BCUT2D eigenvalue weighted by Crippen LogP contribution is 2.30. The Kier molecular flexibility index (Phi) is 9.39. The van der Waals surface area contributed by atoms with Crippen molar-refractivity contribution in [3.63, 3.8) is 0 Å². The number of esters is 1. The molecule has 0 bridgehead atoms. The maximum atomic E-state index is 12.8. The van der Waals surface area contributed by atoms with E-state index in [4.69, 9.17) is 14.6 Å². The normalized spacial score (nSPS) is 11.2. The molecule has 0 atom stereocenters. The first kappa shape index (κ1) is 27.4. The number of aliphatic hydroxyl groups excluding tert-OH is 1. The summed E-state index contributed by atoms with van der Waals surface area (Å²) in [5, 5.41) is 19.1. The van der Waals surface area contributed by atoms with Crippen LogP contribution in [-0.2, 0) is 26.5 Å². The first-order chi connectivity index (χ1) is 17.8.